The van der Waals surface area contributed by atoms with Gasteiger partial charge >= 0.3 is 0 Å². The molecule has 3 rings (SSSR count). The third-order valence-corrected chi connectivity index (χ3v) is 5.56. The van der Waals surface area contributed by atoms with E-state index in [1.165, 1.54) is 28.8 Å². The van der Waals surface area contributed by atoms with Crippen LogP contribution in [-0.4, -0.2) is 29.6 Å². The summed E-state index contributed by atoms with van der Waals surface area (Å²) in [6, 6.07) is 3.89. The maximum Gasteiger partial charge on any atom is 0.191 e. The summed E-state index contributed by atoms with van der Waals surface area (Å²) in [5, 5.41) is 18.1. The van der Waals surface area contributed by atoms with E-state index in [9.17, 15) is 5.11 Å². The molecule has 0 amide bonds. The maximum absolute atomic E-state index is 10.3. The number of rotatable bonds is 5. The molecule has 0 saturated heterocycles. The average Bonchev–Trinajstić information content (AvgIpc) is 3.04. The number of aromatic hydroxyl groups is 1. The van der Waals surface area contributed by atoms with Crippen molar-refractivity contribution in [3.63, 3.8) is 0 Å². The molecule has 3 N–H and O–H groups in total. The summed E-state index contributed by atoms with van der Waals surface area (Å²) in [5.74, 6) is 1.13. The van der Waals surface area contributed by atoms with Gasteiger partial charge in [-0.1, -0.05) is 6.07 Å². The van der Waals surface area contributed by atoms with Gasteiger partial charge in [-0.3, -0.25) is 4.99 Å². The Balaban J connectivity index is 1.56. The zero-order valence-corrected chi connectivity index (χ0v) is 15.7. The molecule has 5 nitrogen and oxygen atoms in total. The summed E-state index contributed by atoms with van der Waals surface area (Å²) >= 11 is 1.73. The molecule has 1 aliphatic rings. The molecule has 0 fully saturated rings. The number of phenols is 1. The summed E-state index contributed by atoms with van der Waals surface area (Å²) in [5.41, 5.74) is 3.70. The number of thiazole rings is 1. The van der Waals surface area contributed by atoms with Gasteiger partial charge in [0.15, 0.2) is 5.96 Å². The molecule has 134 valence electrons. The van der Waals surface area contributed by atoms with Gasteiger partial charge in [0, 0.05) is 43.2 Å². The topological polar surface area (TPSA) is 69.5 Å². The van der Waals surface area contributed by atoms with E-state index < -0.39 is 0 Å². The highest BCUT2D eigenvalue weighted by Crippen LogP contribution is 2.30. The monoisotopic (exact) mass is 358 g/mol. The minimum Gasteiger partial charge on any atom is -0.508 e. The summed E-state index contributed by atoms with van der Waals surface area (Å²) in [6.45, 7) is 3.44. The van der Waals surface area contributed by atoms with Crippen LogP contribution in [0.2, 0.25) is 0 Å². The van der Waals surface area contributed by atoms with Crippen LogP contribution in [0.1, 0.15) is 39.4 Å². The normalized spacial score (nSPS) is 14.2. The molecule has 1 aromatic heterocycles. The molecular formula is C19H26N4OS. The Labute approximate surface area is 153 Å². The highest BCUT2D eigenvalue weighted by Gasteiger charge is 2.16. The maximum atomic E-state index is 10.3. The molecular weight excluding hydrogens is 332 g/mol. The lowest BCUT2D eigenvalue weighted by molar-refractivity contribution is 0.464. The van der Waals surface area contributed by atoms with E-state index in [2.05, 4.69) is 33.6 Å². The van der Waals surface area contributed by atoms with E-state index in [1.807, 2.05) is 12.3 Å². The first kappa shape index (κ1) is 17.7. The Morgan fingerprint density at radius 2 is 2.12 bits per heavy atom. The fourth-order valence-electron chi connectivity index (χ4n) is 3.29. The van der Waals surface area contributed by atoms with Crippen molar-refractivity contribution < 1.29 is 5.11 Å². The van der Waals surface area contributed by atoms with Crippen LogP contribution >= 0.6 is 11.3 Å². The third kappa shape index (κ3) is 4.51. The van der Waals surface area contributed by atoms with Crippen molar-refractivity contribution in [2.75, 3.05) is 13.6 Å². The smallest absolute Gasteiger partial charge is 0.191 e. The molecule has 1 aromatic carbocycles. The van der Waals surface area contributed by atoms with Gasteiger partial charge in [0.2, 0.25) is 0 Å². The number of nitrogens with one attached hydrogen (secondary N) is 2. The van der Waals surface area contributed by atoms with Crippen molar-refractivity contribution in [1.82, 2.24) is 15.6 Å². The lowest BCUT2D eigenvalue weighted by Crippen LogP contribution is -2.38. The Kier molecular flexibility index (Phi) is 5.91. The van der Waals surface area contributed by atoms with Crippen LogP contribution in [0.3, 0.4) is 0 Å². The number of phenolic OH excluding ortho intramolecular Hbond substituents is 1. The van der Waals surface area contributed by atoms with Gasteiger partial charge in [-0.15, -0.1) is 11.3 Å². The minimum atomic E-state index is 0.377. The van der Waals surface area contributed by atoms with E-state index in [0.717, 1.165) is 42.3 Å². The van der Waals surface area contributed by atoms with E-state index >= 15 is 0 Å². The quantitative estimate of drug-likeness (QED) is 0.568. The van der Waals surface area contributed by atoms with Crippen LogP contribution in [0.4, 0.5) is 0 Å². The van der Waals surface area contributed by atoms with Crippen molar-refractivity contribution in [3.8, 4) is 5.75 Å². The molecule has 0 radical (unpaired) electrons. The highest BCUT2D eigenvalue weighted by molar-refractivity contribution is 7.11. The minimum absolute atomic E-state index is 0.377. The number of aliphatic imine (C=N–C) groups is 1. The highest BCUT2D eigenvalue weighted by atomic mass is 32.1. The first-order valence-electron chi connectivity index (χ1n) is 8.86. The van der Waals surface area contributed by atoms with Crippen molar-refractivity contribution in [2.45, 2.75) is 45.6 Å². The molecule has 0 unspecified atom stereocenters. The van der Waals surface area contributed by atoms with Gasteiger partial charge in [-0.25, -0.2) is 4.98 Å². The molecule has 0 atom stereocenters. The van der Waals surface area contributed by atoms with Crippen LogP contribution < -0.4 is 10.6 Å². The fourth-order valence-corrected chi connectivity index (χ4v) is 4.07. The van der Waals surface area contributed by atoms with Gasteiger partial charge in [0.05, 0.1) is 5.01 Å². The first-order chi connectivity index (χ1) is 12.2. The summed E-state index contributed by atoms with van der Waals surface area (Å²) in [4.78, 5) is 9.89. The van der Waals surface area contributed by atoms with Crippen LogP contribution in [0.5, 0.6) is 5.75 Å². The molecule has 6 heteroatoms. The Hall–Kier alpha value is -2.08. The van der Waals surface area contributed by atoms with Gasteiger partial charge in [0.25, 0.3) is 0 Å². The molecule has 0 bridgehead atoms. The average molecular weight is 359 g/mol. The molecule has 2 aromatic rings. The molecule has 25 heavy (non-hydrogen) atoms. The molecule has 1 aliphatic carbocycles. The lowest BCUT2D eigenvalue weighted by atomic mass is 9.88. The summed E-state index contributed by atoms with van der Waals surface area (Å²) < 4.78 is 0. The van der Waals surface area contributed by atoms with Gasteiger partial charge in [0.1, 0.15) is 5.75 Å². The summed E-state index contributed by atoms with van der Waals surface area (Å²) in [7, 11) is 1.77. The van der Waals surface area contributed by atoms with Crippen LogP contribution in [0.25, 0.3) is 0 Å². The van der Waals surface area contributed by atoms with Crippen LogP contribution in [0.15, 0.2) is 23.3 Å². The largest absolute Gasteiger partial charge is 0.508 e. The second-order valence-electron chi connectivity index (χ2n) is 6.38. The number of benzene rings is 1. The van der Waals surface area contributed by atoms with Gasteiger partial charge in [-0.05, 0) is 49.8 Å². The van der Waals surface area contributed by atoms with E-state index in [-0.39, 0.29) is 0 Å². The van der Waals surface area contributed by atoms with Crippen molar-refractivity contribution in [3.05, 3.63) is 44.9 Å². The van der Waals surface area contributed by atoms with Crippen LogP contribution in [0, 0.1) is 6.92 Å². The number of guanidine groups is 1. The summed E-state index contributed by atoms with van der Waals surface area (Å²) in [6.07, 6.45) is 7.40. The Bertz CT molecular complexity index is 754. The number of hydrogen-bond donors (Lipinski definition) is 3. The number of aryl methyl sites for hydroxylation is 2. The van der Waals surface area contributed by atoms with E-state index in [1.54, 1.807) is 18.4 Å². The number of aromatic nitrogens is 1. The number of nitrogens with zero attached hydrogens (tertiary/aromatic N) is 2. The van der Waals surface area contributed by atoms with Gasteiger partial charge < -0.3 is 15.7 Å². The predicted molar refractivity (Wildman–Crippen MR) is 104 cm³/mol. The zero-order chi connectivity index (χ0) is 17.6. The first-order valence-corrected chi connectivity index (χ1v) is 9.67. The molecule has 0 aliphatic heterocycles. The SMILES string of the molecule is CN=C(NCCc1ncc(C)s1)NCc1c(O)ccc2c1CCCC2. The molecule has 0 spiro atoms. The third-order valence-electron chi connectivity index (χ3n) is 4.58. The molecule has 0 saturated carbocycles. The Morgan fingerprint density at radius 1 is 1.28 bits per heavy atom. The molecule has 1 heterocycles. The van der Waals surface area contributed by atoms with Crippen molar-refractivity contribution in [1.29, 1.82) is 0 Å². The Morgan fingerprint density at radius 3 is 2.88 bits per heavy atom. The zero-order valence-electron chi connectivity index (χ0n) is 14.9. The number of fused-ring (bicyclic) bond motifs is 1. The fraction of sp³-hybridized carbons (Fsp3) is 0.474. The standard InChI is InChI=1S/C19H26N4OS/c1-13-11-22-18(25-13)9-10-21-19(20-2)23-12-16-15-6-4-3-5-14(15)7-8-17(16)24/h7-8,11,24H,3-6,9-10,12H2,1-2H3,(H2,20,21,23). The van der Waals surface area contributed by atoms with Crippen LogP contribution in [-0.2, 0) is 25.8 Å². The van der Waals surface area contributed by atoms with E-state index in [0.29, 0.717) is 12.3 Å². The van der Waals surface area contributed by atoms with Crippen molar-refractivity contribution >= 4 is 17.3 Å². The van der Waals surface area contributed by atoms with Gasteiger partial charge in [-0.2, -0.15) is 0 Å². The van der Waals surface area contributed by atoms with E-state index in [4.69, 9.17) is 0 Å². The predicted octanol–water partition coefficient (Wildman–Crippen LogP) is 2.94. The second-order valence-corrected chi connectivity index (χ2v) is 7.69. The van der Waals surface area contributed by atoms with Crippen molar-refractivity contribution in [2.24, 2.45) is 4.99 Å². The second kappa shape index (κ2) is 8.34. The number of hydrogen-bond acceptors (Lipinski definition) is 4. The lowest BCUT2D eigenvalue weighted by Gasteiger charge is -2.21.